The van der Waals surface area contributed by atoms with Crippen molar-refractivity contribution in [3.8, 4) is 0 Å². The summed E-state index contributed by atoms with van der Waals surface area (Å²) < 4.78 is 0. The number of carbonyl (C=O) groups excluding carboxylic acids is 2. The summed E-state index contributed by atoms with van der Waals surface area (Å²) in [6.45, 7) is 3.91. The SMILES string of the molecule is Cc1csc(C(C)NC(=O)CC2(CC(=O)Nc3nccs3)CCCCC2)n1. The summed E-state index contributed by atoms with van der Waals surface area (Å²) in [5.74, 6) is -0.0532. The van der Waals surface area contributed by atoms with E-state index in [1.54, 1.807) is 17.5 Å². The quantitative estimate of drug-likeness (QED) is 0.711. The molecule has 2 aromatic heterocycles. The minimum Gasteiger partial charge on any atom is -0.347 e. The highest BCUT2D eigenvalue weighted by molar-refractivity contribution is 7.13. The van der Waals surface area contributed by atoms with Crippen LogP contribution < -0.4 is 10.6 Å². The van der Waals surface area contributed by atoms with Gasteiger partial charge in [-0.1, -0.05) is 19.3 Å². The standard InChI is InChI=1S/C19H26N4O2S2/c1-13-12-27-17(21-13)14(2)22-15(24)10-19(6-4-3-5-7-19)11-16(25)23-18-20-8-9-26-18/h8-9,12,14H,3-7,10-11H2,1-2H3,(H,22,24)(H,20,23,25). The zero-order chi connectivity index (χ0) is 19.3. The van der Waals surface area contributed by atoms with Crippen LogP contribution in [0.5, 0.6) is 0 Å². The van der Waals surface area contributed by atoms with Crippen LogP contribution in [0.4, 0.5) is 5.13 Å². The number of hydrogen-bond donors (Lipinski definition) is 2. The Morgan fingerprint density at radius 2 is 1.93 bits per heavy atom. The summed E-state index contributed by atoms with van der Waals surface area (Å²) in [5, 5.41) is 11.3. The summed E-state index contributed by atoms with van der Waals surface area (Å²) in [5.41, 5.74) is 0.709. The lowest BCUT2D eigenvalue weighted by Crippen LogP contribution is -2.37. The first kappa shape index (κ1) is 19.9. The van der Waals surface area contributed by atoms with E-state index in [-0.39, 0.29) is 23.3 Å². The molecule has 1 aliphatic carbocycles. The molecule has 27 heavy (non-hydrogen) atoms. The fraction of sp³-hybridized carbons (Fsp3) is 0.579. The Balaban J connectivity index is 1.61. The molecule has 2 amide bonds. The molecule has 1 unspecified atom stereocenters. The van der Waals surface area contributed by atoms with Crippen molar-refractivity contribution in [2.24, 2.45) is 5.41 Å². The molecule has 0 radical (unpaired) electrons. The maximum Gasteiger partial charge on any atom is 0.226 e. The molecule has 1 saturated carbocycles. The number of aryl methyl sites for hydroxylation is 1. The molecule has 0 aromatic carbocycles. The molecule has 146 valence electrons. The van der Waals surface area contributed by atoms with Crippen LogP contribution in [0.2, 0.25) is 0 Å². The molecular weight excluding hydrogens is 380 g/mol. The highest BCUT2D eigenvalue weighted by Gasteiger charge is 2.37. The van der Waals surface area contributed by atoms with E-state index in [9.17, 15) is 9.59 Å². The van der Waals surface area contributed by atoms with Crippen molar-refractivity contribution in [3.05, 3.63) is 27.7 Å². The molecule has 2 heterocycles. The van der Waals surface area contributed by atoms with Gasteiger partial charge in [0.25, 0.3) is 0 Å². The molecule has 0 spiro atoms. The Labute approximate surface area is 167 Å². The topological polar surface area (TPSA) is 84.0 Å². The number of carbonyl (C=O) groups is 2. The van der Waals surface area contributed by atoms with Crippen LogP contribution in [-0.4, -0.2) is 21.8 Å². The summed E-state index contributed by atoms with van der Waals surface area (Å²) in [6.07, 6.45) is 7.56. The average molecular weight is 407 g/mol. The van der Waals surface area contributed by atoms with E-state index in [0.717, 1.165) is 36.4 Å². The highest BCUT2D eigenvalue weighted by atomic mass is 32.1. The van der Waals surface area contributed by atoms with Gasteiger partial charge in [0.2, 0.25) is 11.8 Å². The maximum absolute atomic E-state index is 12.7. The van der Waals surface area contributed by atoms with Crippen molar-refractivity contribution in [3.63, 3.8) is 0 Å². The molecule has 1 aliphatic rings. The van der Waals surface area contributed by atoms with Gasteiger partial charge in [-0.15, -0.1) is 22.7 Å². The largest absolute Gasteiger partial charge is 0.347 e. The lowest BCUT2D eigenvalue weighted by Gasteiger charge is -2.36. The second kappa shape index (κ2) is 8.93. The number of aromatic nitrogens is 2. The van der Waals surface area contributed by atoms with Gasteiger partial charge in [-0.05, 0) is 32.1 Å². The van der Waals surface area contributed by atoms with Gasteiger partial charge < -0.3 is 10.6 Å². The van der Waals surface area contributed by atoms with Gasteiger partial charge >= 0.3 is 0 Å². The van der Waals surface area contributed by atoms with E-state index >= 15 is 0 Å². The molecule has 0 saturated heterocycles. The molecule has 0 aliphatic heterocycles. The number of anilines is 1. The lowest BCUT2D eigenvalue weighted by molar-refractivity contribution is -0.126. The van der Waals surface area contributed by atoms with Gasteiger partial charge in [0.05, 0.1) is 6.04 Å². The van der Waals surface area contributed by atoms with Crippen molar-refractivity contribution in [2.45, 2.75) is 64.8 Å². The number of thiazole rings is 2. The smallest absolute Gasteiger partial charge is 0.226 e. The van der Waals surface area contributed by atoms with Gasteiger partial charge in [-0.3, -0.25) is 9.59 Å². The third-order valence-electron chi connectivity index (χ3n) is 5.05. The number of nitrogens with zero attached hydrogens (tertiary/aromatic N) is 2. The van der Waals surface area contributed by atoms with Crippen LogP contribution in [0.15, 0.2) is 17.0 Å². The van der Waals surface area contributed by atoms with E-state index < -0.39 is 0 Å². The lowest BCUT2D eigenvalue weighted by atomic mass is 9.69. The van der Waals surface area contributed by atoms with Crippen molar-refractivity contribution in [2.75, 3.05) is 5.32 Å². The van der Waals surface area contributed by atoms with Crippen molar-refractivity contribution >= 4 is 39.6 Å². The van der Waals surface area contributed by atoms with E-state index in [0.29, 0.717) is 18.0 Å². The second-order valence-corrected chi connectivity index (χ2v) is 9.20. The second-order valence-electron chi connectivity index (χ2n) is 7.42. The van der Waals surface area contributed by atoms with Crippen LogP contribution in [0.1, 0.15) is 68.6 Å². The minimum atomic E-state index is -0.262. The van der Waals surface area contributed by atoms with Gasteiger partial charge in [-0.25, -0.2) is 9.97 Å². The first-order valence-corrected chi connectivity index (χ1v) is 11.1. The van der Waals surface area contributed by atoms with Gasteiger partial charge in [-0.2, -0.15) is 0 Å². The third kappa shape index (κ3) is 5.59. The predicted octanol–water partition coefficient (Wildman–Crippen LogP) is 4.45. The Bertz CT molecular complexity index is 767. The fourth-order valence-corrected chi connectivity index (χ4v) is 5.12. The van der Waals surface area contributed by atoms with Gasteiger partial charge in [0.1, 0.15) is 5.01 Å². The van der Waals surface area contributed by atoms with E-state index in [4.69, 9.17) is 0 Å². The van der Waals surface area contributed by atoms with Crippen LogP contribution in [-0.2, 0) is 9.59 Å². The van der Waals surface area contributed by atoms with Gasteiger partial charge in [0, 0.05) is 35.5 Å². The van der Waals surface area contributed by atoms with Crippen LogP contribution in [0.25, 0.3) is 0 Å². The normalized spacial score (nSPS) is 17.3. The number of amides is 2. The summed E-state index contributed by atoms with van der Waals surface area (Å²) >= 11 is 2.97. The molecular formula is C19H26N4O2S2. The van der Waals surface area contributed by atoms with Crippen molar-refractivity contribution in [1.82, 2.24) is 15.3 Å². The van der Waals surface area contributed by atoms with Crippen molar-refractivity contribution < 1.29 is 9.59 Å². The zero-order valence-electron chi connectivity index (χ0n) is 15.8. The number of nitrogens with one attached hydrogen (secondary N) is 2. The molecule has 8 heteroatoms. The maximum atomic E-state index is 12.7. The highest BCUT2D eigenvalue weighted by Crippen LogP contribution is 2.42. The summed E-state index contributed by atoms with van der Waals surface area (Å²) in [7, 11) is 0. The fourth-order valence-electron chi connectivity index (χ4n) is 3.77. The Hall–Kier alpha value is -1.80. The Morgan fingerprint density at radius 3 is 2.56 bits per heavy atom. The molecule has 2 N–H and O–H groups in total. The zero-order valence-corrected chi connectivity index (χ0v) is 17.4. The molecule has 0 bridgehead atoms. The van der Waals surface area contributed by atoms with Gasteiger partial charge in [0.15, 0.2) is 5.13 Å². The van der Waals surface area contributed by atoms with Crippen molar-refractivity contribution in [1.29, 1.82) is 0 Å². The molecule has 1 fully saturated rings. The Morgan fingerprint density at radius 1 is 1.19 bits per heavy atom. The monoisotopic (exact) mass is 406 g/mol. The third-order valence-corrected chi connectivity index (χ3v) is 6.88. The first-order chi connectivity index (χ1) is 13.0. The average Bonchev–Trinajstić information content (AvgIpc) is 3.26. The minimum absolute atomic E-state index is 0.000647. The summed E-state index contributed by atoms with van der Waals surface area (Å²) in [6, 6.07) is -0.110. The number of rotatable bonds is 7. The van der Waals surface area contributed by atoms with Crippen LogP contribution in [0.3, 0.4) is 0 Å². The van der Waals surface area contributed by atoms with E-state index in [2.05, 4.69) is 20.6 Å². The predicted molar refractivity (Wildman–Crippen MR) is 109 cm³/mol. The molecule has 6 nitrogen and oxygen atoms in total. The van der Waals surface area contributed by atoms with E-state index in [1.807, 2.05) is 24.6 Å². The molecule has 1 atom stereocenters. The Kier molecular flexibility index (Phi) is 6.59. The number of hydrogen-bond acceptors (Lipinski definition) is 6. The summed E-state index contributed by atoms with van der Waals surface area (Å²) in [4.78, 5) is 33.8. The molecule has 3 rings (SSSR count). The molecule has 2 aromatic rings. The van der Waals surface area contributed by atoms with E-state index in [1.165, 1.54) is 17.8 Å². The van der Waals surface area contributed by atoms with Crippen LogP contribution >= 0.6 is 22.7 Å². The first-order valence-electron chi connectivity index (χ1n) is 9.36. The van der Waals surface area contributed by atoms with Crippen LogP contribution in [0, 0.1) is 12.3 Å².